The highest BCUT2D eigenvalue weighted by Crippen LogP contribution is 2.46. The second kappa shape index (κ2) is 9.01. The number of carbonyl (C=O) groups is 2. The zero-order valence-electron chi connectivity index (χ0n) is 21.1. The fraction of sp³-hybridized carbons (Fsp3) is 0.400. The molecule has 0 spiro atoms. The lowest BCUT2D eigenvalue weighted by molar-refractivity contribution is -0.119. The van der Waals surface area contributed by atoms with E-state index in [4.69, 9.17) is 0 Å². The highest BCUT2D eigenvalue weighted by atomic mass is 32.1. The number of ketones is 1. The van der Waals surface area contributed by atoms with Gasteiger partial charge in [0.25, 0.3) is 5.56 Å². The van der Waals surface area contributed by atoms with E-state index in [2.05, 4.69) is 25.2 Å². The number of anilines is 2. The van der Waals surface area contributed by atoms with Gasteiger partial charge >= 0.3 is 5.69 Å². The van der Waals surface area contributed by atoms with E-state index < -0.39 is 23.2 Å². The van der Waals surface area contributed by atoms with Crippen LogP contribution in [0.25, 0.3) is 21.7 Å². The fourth-order valence-electron chi connectivity index (χ4n) is 5.05. The molecule has 1 aliphatic carbocycles. The van der Waals surface area contributed by atoms with Gasteiger partial charge in [-0.25, -0.2) is 19.7 Å². The van der Waals surface area contributed by atoms with Crippen molar-refractivity contribution in [2.75, 3.05) is 23.3 Å². The van der Waals surface area contributed by atoms with Gasteiger partial charge in [0, 0.05) is 37.3 Å². The predicted molar refractivity (Wildman–Crippen MR) is 142 cm³/mol. The van der Waals surface area contributed by atoms with Gasteiger partial charge in [-0.15, -0.1) is 11.3 Å². The lowest BCUT2D eigenvalue weighted by Gasteiger charge is -2.18. The molecular weight excluding hydrogens is 508 g/mol. The average Bonchev–Trinajstić information content (AvgIpc) is 3.29. The molecule has 2 aliphatic rings. The summed E-state index contributed by atoms with van der Waals surface area (Å²) < 4.78 is 3.45. The molecule has 4 aromatic rings. The Morgan fingerprint density at radius 1 is 1.18 bits per heavy atom. The van der Waals surface area contributed by atoms with Crippen molar-refractivity contribution in [3.8, 4) is 10.6 Å². The first-order valence-electron chi connectivity index (χ1n) is 12.3. The molecule has 4 aromatic heterocycles. The van der Waals surface area contributed by atoms with Crippen LogP contribution >= 0.6 is 11.3 Å². The summed E-state index contributed by atoms with van der Waals surface area (Å²) in [5.41, 5.74) is -0.249. The van der Waals surface area contributed by atoms with E-state index in [1.807, 2.05) is 12.1 Å². The van der Waals surface area contributed by atoms with E-state index in [0.717, 1.165) is 45.9 Å². The molecule has 1 amide bonds. The SMILES string of the molecule is CC(=O)Cn1c(=O)c2c(ncn2C(C)C(=O)Nc2csc(-c3ccc(N4CC5CC5C4)nc3)n2)n(C)c1=O. The molecule has 13 heteroatoms. The van der Waals surface area contributed by atoms with Crippen LogP contribution in [0.5, 0.6) is 0 Å². The van der Waals surface area contributed by atoms with Gasteiger partial charge in [0.1, 0.15) is 28.5 Å². The van der Waals surface area contributed by atoms with Crippen molar-refractivity contribution in [2.24, 2.45) is 18.9 Å². The van der Waals surface area contributed by atoms with Crippen LogP contribution in [-0.2, 0) is 23.2 Å². The maximum Gasteiger partial charge on any atom is 0.332 e. The fourth-order valence-corrected chi connectivity index (χ4v) is 5.79. The zero-order chi connectivity index (χ0) is 26.7. The molecule has 2 fully saturated rings. The van der Waals surface area contributed by atoms with Crippen LogP contribution in [-0.4, -0.2) is 53.4 Å². The number of hydrogen-bond donors (Lipinski definition) is 1. The van der Waals surface area contributed by atoms with Crippen molar-refractivity contribution >= 4 is 45.8 Å². The minimum Gasteiger partial charge on any atom is -0.356 e. The first-order valence-corrected chi connectivity index (χ1v) is 13.2. The van der Waals surface area contributed by atoms with Gasteiger partial charge in [0.05, 0.1) is 12.9 Å². The van der Waals surface area contributed by atoms with E-state index in [0.29, 0.717) is 5.82 Å². The number of carbonyl (C=O) groups excluding carboxylic acids is 2. The highest BCUT2D eigenvalue weighted by Gasteiger charge is 2.45. The summed E-state index contributed by atoms with van der Waals surface area (Å²) in [6, 6.07) is 3.17. The van der Waals surface area contributed by atoms with Gasteiger partial charge < -0.3 is 14.8 Å². The minimum absolute atomic E-state index is 0.0661. The van der Waals surface area contributed by atoms with E-state index in [1.54, 1.807) is 18.5 Å². The van der Waals surface area contributed by atoms with Crippen molar-refractivity contribution in [3.63, 3.8) is 0 Å². The van der Waals surface area contributed by atoms with Crippen molar-refractivity contribution in [1.29, 1.82) is 0 Å². The second-order valence-corrected chi connectivity index (χ2v) is 10.9. The molecule has 6 rings (SSSR count). The number of pyridine rings is 1. The minimum atomic E-state index is -0.839. The van der Waals surface area contributed by atoms with Crippen molar-refractivity contribution in [2.45, 2.75) is 32.9 Å². The Morgan fingerprint density at radius 2 is 1.95 bits per heavy atom. The number of Topliss-reactive ketones (excluding diaryl/α,β-unsaturated/α-hetero) is 1. The molecule has 1 aliphatic heterocycles. The predicted octanol–water partition coefficient (Wildman–Crippen LogP) is 1.66. The van der Waals surface area contributed by atoms with E-state index >= 15 is 0 Å². The van der Waals surface area contributed by atoms with Crippen molar-refractivity contribution < 1.29 is 9.59 Å². The van der Waals surface area contributed by atoms with Crippen LogP contribution in [0, 0.1) is 11.8 Å². The molecule has 3 unspecified atom stereocenters. The van der Waals surface area contributed by atoms with Crippen LogP contribution in [0.3, 0.4) is 0 Å². The summed E-state index contributed by atoms with van der Waals surface area (Å²) in [7, 11) is 1.47. The van der Waals surface area contributed by atoms with E-state index in [-0.39, 0.29) is 23.5 Å². The van der Waals surface area contributed by atoms with Crippen LogP contribution in [0.1, 0.15) is 26.3 Å². The first kappa shape index (κ1) is 24.2. The molecule has 196 valence electrons. The summed E-state index contributed by atoms with van der Waals surface area (Å²) in [6.07, 6.45) is 4.49. The third-order valence-corrected chi connectivity index (χ3v) is 8.18. The number of aromatic nitrogens is 6. The third kappa shape index (κ3) is 4.12. The first-order chi connectivity index (χ1) is 18.2. The quantitative estimate of drug-likeness (QED) is 0.378. The smallest absolute Gasteiger partial charge is 0.332 e. The number of amides is 1. The van der Waals surface area contributed by atoms with Crippen LogP contribution in [0.15, 0.2) is 39.6 Å². The number of rotatable bonds is 7. The van der Waals surface area contributed by atoms with Gasteiger partial charge in [-0.05, 0) is 44.2 Å². The summed E-state index contributed by atoms with van der Waals surface area (Å²) >= 11 is 1.39. The monoisotopic (exact) mass is 534 g/mol. The zero-order valence-corrected chi connectivity index (χ0v) is 21.9. The molecule has 1 N–H and O–H groups in total. The highest BCUT2D eigenvalue weighted by molar-refractivity contribution is 7.13. The van der Waals surface area contributed by atoms with Gasteiger partial charge in [-0.1, -0.05) is 0 Å². The molecule has 1 saturated carbocycles. The number of imidazole rings is 1. The number of fused-ring (bicyclic) bond motifs is 2. The molecule has 0 bridgehead atoms. The summed E-state index contributed by atoms with van der Waals surface area (Å²) in [5, 5.41) is 5.27. The lowest BCUT2D eigenvalue weighted by Crippen LogP contribution is -2.41. The molecule has 5 heterocycles. The Kier molecular flexibility index (Phi) is 5.74. The number of nitrogens with one attached hydrogen (secondary N) is 1. The molecule has 38 heavy (non-hydrogen) atoms. The summed E-state index contributed by atoms with van der Waals surface area (Å²) in [6.45, 7) is 4.72. The van der Waals surface area contributed by atoms with Crippen LogP contribution < -0.4 is 21.5 Å². The standard InChI is InChI=1S/C25H26N8O4S/c1-13(34)8-32-24(36)20-21(30(3)25(32)37)27-12-33(20)14(2)22(35)28-18-11-38-23(29-18)15-4-5-19(26-7-15)31-9-16-6-17(16)10-31/h4-5,7,11-12,14,16-17H,6,8-10H2,1-3H3,(H,28,35). The molecule has 12 nitrogen and oxygen atoms in total. The van der Waals surface area contributed by atoms with Crippen molar-refractivity contribution in [1.82, 2.24) is 28.7 Å². The Balaban J connectivity index is 1.20. The van der Waals surface area contributed by atoms with Gasteiger partial charge in [-0.3, -0.25) is 23.5 Å². The molecule has 0 aromatic carbocycles. The number of aryl methyl sites for hydroxylation is 1. The van der Waals surface area contributed by atoms with Gasteiger partial charge in [0.2, 0.25) is 5.91 Å². The van der Waals surface area contributed by atoms with E-state index in [9.17, 15) is 19.2 Å². The number of nitrogens with zero attached hydrogens (tertiary/aromatic N) is 7. The van der Waals surface area contributed by atoms with Crippen molar-refractivity contribution in [3.05, 3.63) is 50.9 Å². The van der Waals surface area contributed by atoms with E-state index in [1.165, 1.54) is 47.2 Å². The van der Waals surface area contributed by atoms with Gasteiger partial charge in [-0.2, -0.15) is 0 Å². The number of piperidine rings is 1. The Bertz CT molecular complexity index is 1690. The number of thiazole rings is 1. The number of hydrogen-bond acceptors (Lipinski definition) is 9. The van der Waals surface area contributed by atoms with Crippen LogP contribution in [0.4, 0.5) is 11.6 Å². The normalized spacial score (nSPS) is 19.0. The third-order valence-electron chi connectivity index (χ3n) is 7.29. The topological polar surface area (TPSA) is 137 Å². The summed E-state index contributed by atoms with van der Waals surface area (Å²) in [5.74, 6) is 2.28. The molecule has 1 saturated heterocycles. The molecule has 0 radical (unpaired) electrons. The average molecular weight is 535 g/mol. The second-order valence-electron chi connectivity index (χ2n) is 10.0. The maximum atomic E-state index is 13.1. The molecule has 3 atom stereocenters. The largest absolute Gasteiger partial charge is 0.356 e. The Morgan fingerprint density at radius 3 is 2.63 bits per heavy atom. The van der Waals surface area contributed by atoms with Crippen LogP contribution in [0.2, 0.25) is 0 Å². The maximum absolute atomic E-state index is 13.1. The Labute approximate surface area is 220 Å². The Hall–Kier alpha value is -4.13. The summed E-state index contributed by atoms with van der Waals surface area (Å²) in [4.78, 5) is 66.0. The molecular formula is C25H26N8O4S. The lowest BCUT2D eigenvalue weighted by atomic mass is 10.3. The van der Waals surface area contributed by atoms with Gasteiger partial charge in [0.15, 0.2) is 11.2 Å².